The molecule has 2 atom stereocenters. The predicted octanol–water partition coefficient (Wildman–Crippen LogP) is 18.7. The van der Waals surface area contributed by atoms with E-state index in [0.29, 0.717) is 23.9 Å². The Morgan fingerprint density at radius 3 is 1.05 bits per heavy atom. The third-order valence-electron chi connectivity index (χ3n) is 11.9. The molecule has 0 aliphatic heterocycles. The fourth-order valence-corrected chi connectivity index (χ4v) is 8.12. The van der Waals surface area contributed by atoms with E-state index in [9.17, 15) is 19.0 Å². The predicted molar refractivity (Wildman–Crippen MR) is 325 cm³/mol. The summed E-state index contributed by atoms with van der Waals surface area (Å²) < 4.78 is 34.6. The highest BCUT2D eigenvalue weighted by atomic mass is 31.2. The van der Waals surface area contributed by atoms with Crippen molar-refractivity contribution in [3.63, 3.8) is 0 Å². The number of likely N-dealkylation sites (N-methyl/N-ethyl adjacent to an activating group) is 1. The standard InChI is InChI=1S/C66H108NO8P/c1-6-8-10-12-14-16-18-20-22-24-26-28-29-30-31-32-33-34-35-36-37-39-41-43-45-47-49-51-53-55-57-59-66(69)75-64(63-74-76(70,71)73-61-60-67(3,4)5)62-72-65(68)58-56-54-52-50-48-46-44-42-40-38-27-25-23-21-19-17-15-13-11-9-7-2/h8-11,14-17,20-23,26-28,30-31,33-34,36-38,42,44,64H,6-7,12-13,18-19,24-25,29,32,35,39-41,43,45-63H2,1-5H3/p+1/b10-8-,11-9-,16-14-,17-15-,22-20-,23-21-,28-26-,31-30-,34-33-,37-36-,38-27-,44-42-. The van der Waals surface area contributed by atoms with Crippen molar-refractivity contribution in [1.82, 2.24) is 0 Å². The van der Waals surface area contributed by atoms with Crippen molar-refractivity contribution >= 4 is 19.8 Å². The first-order chi connectivity index (χ1) is 37.0. The Morgan fingerprint density at radius 2 is 0.711 bits per heavy atom. The molecule has 2 unspecified atom stereocenters. The summed E-state index contributed by atoms with van der Waals surface area (Å²) >= 11 is 0. The number of phosphoric ester groups is 1. The van der Waals surface area contributed by atoms with Gasteiger partial charge in [0.15, 0.2) is 6.10 Å². The van der Waals surface area contributed by atoms with E-state index in [4.69, 9.17) is 18.5 Å². The van der Waals surface area contributed by atoms with Crippen molar-refractivity contribution < 1.29 is 42.1 Å². The molecular weight excluding hydrogens is 966 g/mol. The number of carbonyl (C=O) groups excluding carboxylic acids is 2. The average Bonchev–Trinajstić information content (AvgIpc) is 3.38. The van der Waals surface area contributed by atoms with E-state index >= 15 is 0 Å². The number of esters is 2. The molecule has 0 amide bonds. The molecule has 0 rings (SSSR count). The molecule has 1 N–H and O–H groups in total. The largest absolute Gasteiger partial charge is 0.472 e. The van der Waals surface area contributed by atoms with E-state index in [1.807, 2.05) is 21.1 Å². The zero-order valence-corrected chi connectivity index (χ0v) is 49.6. The molecule has 0 saturated heterocycles. The van der Waals surface area contributed by atoms with Gasteiger partial charge in [0.1, 0.15) is 19.8 Å². The zero-order chi connectivity index (χ0) is 55.6. The first kappa shape index (κ1) is 71.9. The van der Waals surface area contributed by atoms with Gasteiger partial charge < -0.3 is 18.9 Å². The van der Waals surface area contributed by atoms with Gasteiger partial charge in [-0.2, -0.15) is 0 Å². The second kappa shape index (κ2) is 55.6. The quantitative estimate of drug-likeness (QED) is 0.0211. The minimum Gasteiger partial charge on any atom is -0.462 e. The lowest BCUT2D eigenvalue weighted by atomic mass is 10.1. The Balaban J connectivity index is 4.24. The molecule has 0 aromatic heterocycles. The van der Waals surface area contributed by atoms with Crippen LogP contribution in [-0.4, -0.2) is 74.9 Å². The van der Waals surface area contributed by atoms with Gasteiger partial charge in [-0.1, -0.05) is 224 Å². The van der Waals surface area contributed by atoms with Gasteiger partial charge in [0, 0.05) is 12.8 Å². The van der Waals surface area contributed by atoms with Crippen LogP contribution in [0.15, 0.2) is 146 Å². The molecule has 0 bridgehead atoms. The maximum Gasteiger partial charge on any atom is 0.472 e. The summed E-state index contributed by atoms with van der Waals surface area (Å²) in [4.78, 5) is 35.7. The van der Waals surface area contributed by atoms with Crippen molar-refractivity contribution in [3.05, 3.63) is 146 Å². The molecule has 430 valence electrons. The van der Waals surface area contributed by atoms with Gasteiger partial charge in [-0.15, -0.1) is 0 Å². The molecule has 0 aliphatic rings. The molecular formula is C66H109NO8P+. The first-order valence-corrected chi connectivity index (χ1v) is 31.1. The van der Waals surface area contributed by atoms with Crippen LogP contribution in [0.1, 0.15) is 206 Å². The fraction of sp³-hybridized carbons (Fsp3) is 0.606. The maximum absolute atomic E-state index is 12.8. The minimum atomic E-state index is -4.40. The maximum atomic E-state index is 12.8. The number of allylic oxidation sites excluding steroid dienone is 24. The Labute approximate surface area is 465 Å². The van der Waals surface area contributed by atoms with Crippen molar-refractivity contribution in [2.75, 3.05) is 47.5 Å². The van der Waals surface area contributed by atoms with Crippen LogP contribution in [0.25, 0.3) is 0 Å². The SMILES string of the molecule is CC/C=C\C/C=C\C/C=C\C/C=C\C/C=C\C/C=C\C/C=C\CCCCCCCCCCCC(=O)OC(COC(=O)CCCCCCC/C=C\C/C=C\C/C=C\C/C=C\C/C=C\CC)COP(=O)(O)OCC[N+](C)(C)C. The van der Waals surface area contributed by atoms with Crippen LogP contribution >= 0.6 is 7.82 Å². The molecule has 0 heterocycles. The van der Waals surface area contributed by atoms with Crippen molar-refractivity contribution in [3.8, 4) is 0 Å². The van der Waals surface area contributed by atoms with Gasteiger partial charge in [0.2, 0.25) is 0 Å². The van der Waals surface area contributed by atoms with E-state index in [2.05, 4.69) is 160 Å². The van der Waals surface area contributed by atoms with Crippen molar-refractivity contribution in [2.24, 2.45) is 0 Å². The number of hydrogen-bond acceptors (Lipinski definition) is 7. The molecule has 76 heavy (non-hydrogen) atoms. The molecule has 0 fully saturated rings. The van der Waals surface area contributed by atoms with Gasteiger partial charge in [-0.05, 0) is 116 Å². The average molecular weight is 1080 g/mol. The number of carbonyl (C=O) groups is 2. The monoisotopic (exact) mass is 1070 g/mol. The van der Waals surface area contributed by atoms with E-state index < -0.39 is 32.5 Å². The molecule has 0 radical (unpaired) electrons. The number of nitrogens with zero attached hydrogens (tertiary/aromatic N) is 1. The van der Waals surface area contributed by atoms with Crippen molar-refractivity contribution in [2.45, 2.75) is 213 Å². The number of rotatable bonds is 52. The first-order valence-electron chi connectivity index (χ1n) is 29.6. The summed E-state index contributed by atoms with van der Waals surface area (Å²) in [6, 6.07) is 0. The number of ether oxygens (including phenoxy) is 2. The van der Waals surface area contributed by atoms with Crippen LogP contribution < -0.4 is 0 Å². The Bertz CT molecular complexity index is 1790. The zero-order valence-electron chi connectivity index (χ0n) is 48.7. The summed E-state index contributed by atoms with van der Waals surface area (Å²) in [5.41, 5.74) is 0. The molecule has 0 spiro atoms. The van der Waals surface area contributed by atoms with E-state index in [0.717, 1.165) is 135 Å². The van der Waals surface area contributed by atoms with Crippen LogP contribution in [0.3, 0.4) is 0 Å². The summed E-state index contributed by atoms with van der Waals surface area (Å²) in [6.45, 7) is 4.15. The van der Waals surface area contributed by atoms with Crippen molar-refractivity contribution in [1.29, 1.82) is 0 Å². The smallest absolute Gasteiger partial charge is 0.462 e. The minimum absolute atomic E-state index is 0.0184. The molecule has 0 aliphatic carbocycles. The third-order valence-corrected chi connectivity index (χ3v) is 12.8. The highest BCUT2D eigenvalue weighted by Crippen LogP contribution is 2.43. The van der Waals surface area contributed by atoms with Crippen LogP contribution in [0.4, 0.5) is 0 Å². The second-order valence-corrected chi connectivity index (χ2v) is 21.7. The number of quaternary nitrogens is 1. The summed E-state index contributed by atoms with van der Waals surface area (Å²) in [6.07, 6.45) is 82.0. The van der Waals surface area contributed by atoms with Gasteiger partial charge >= 0.3 is 19.8 Å². The number of hydrogen-bond donors (Lipinski definition) is 1. The Morgan fingerprint density at radius 1 is 0.408 bits per heavy atom. The Kier molecular flexibility index (Phi) is 52.6. The molecule has 9 nitrogen and oxygen atoms in total. The van der Waals surface area contributed by atoms with Gasteiger partial charge in [0.25, 0.3) is 0 Å². The second-order valence-electron chi connectivity index (χ2n) is 20.3. The molecule has 10 heteroatoms. The lowest BCUT2D eigenvalue weighted by molar-refractivity contribution is -0.870. The summed E-state index contributed by atoms with van der Waals surface area (Å²) in [5.74, 6) is -0.838. The fourth-order valence-electron chi connectivity index (χ4n) is 7.37. The van der Waals surface area contributed by atoms with Crippen LogP contribution in [-0.2, 0) is 32.7 Å². The summed E-state index contributed by atoms with van der Waals surface area (Å²) in [7, 11) is 1.44. The summed E-state index contributed by atoms with van der Waals surface area (Å²) in [5, 5.41) is 0. The highest BCUT2D eigenvalue weighted by molar-refractivity contribution is 7.47. The van der Waals surface area contributed by atoms with Crippen LogP contribution in [0.5, 0.6) is 0 Å². The van der Waals surface area contributed by atoms with Gasteiger partial charge in [-0.3, -0.25) is 18.6 Å². The number of phosphoric acid groups is 1. The normalized spacial score (nSPS) is 14.3. The lowest BCUT2D eigenvalue weighted by Crippen LogP contribution is -2.37. The number of unbranched alkanes of at least 4 members (excludes halogenated alkanes) is 14. The Hall–Kier alpha value is -4.11. The van der Waals surface area contributed by atoms with E-state index in [-0.39, 0.29) is 26.1 Å². The lowest BCUT2D eigenvalue weighted by Gasteiger charge is -2.24. The molecule has 0 aromatic rings. The molecule has 0 aromatic carbocycles. The van der Waals surface area contributed by atoms with E-state index in [1.165, 1.54) is 32.1 Å². The van der Waals surface area contributed by atoms with E-state index in [1.54, 1.807) is 0 Å². The van der Waals surface area contributed by atoms with Crippen LogP contribution in [0.2, 0.25) is 0 Å². The van der Waals surface area contributed by atoms with Crippen LogP contribution in [0, 0.1) is 0 Å². The van der Waals surface area contributed by atoms with Gasteiger partial charge in [0.05, 0.1) is 27.7 Å². The topological polar surface area (TPSA) is 108 Å². The third kappa shape index (κ3) is 59.1. The highest BCUT2D eigenvalue weighted by Gasteiger charge is 2.27. The van der Waals surface area contributed by atoms with Gasteiger partial charge in [-0.25, -0.2) is 4.57 Å². The molecule has 0 saturated carbocycles.